The highest BCUT2D eigenvalue weighted by molar-refractivity contribution is 7.90. The molecule has 0 radical (unpaired) electrons. The number of fused-ring (bicyclic) bond motifs is 1. The predicted molar refractivity (Wildman–Crippen MR) is 241 cm³/mol. The summed E-state index contributed by atoms with van der Waals surface area (Å²) in [5.41, 5.74) is 7.24. The number of allylic oxidation sites excluding steroid dienone is 1. The van der Waals surface area contributed by atoms with Crippen LogP contribution in [0.3, 0.4) is 0 Å². The molecule has 0 spiro atoms. The fourth-order valence-electron chi connectivity index (χ4n) is 8.40. The van der Waals surface area contributed by atoms with Gasteiger partial charge in [0.25, 0.3) is 21.6 Å². The number of benzene rings is 2. The molecule has 0 saturated carbocycles. The zero-order valence-electron chi connectivity index (χ0n) is 35.4. The van der Waals surface area contributed by atoms with Crippen molar-refractivity contribution in [3.8, 4) is 11.5 Å². The van der Waals surface area contributed by atoms with Crippen molar-refractivity contribution < 1.29 is 32.3 Å². The SMILES string of the molecule is CC(C)c1cscc1C1=C(CN2CCN(c3ccc(C(=O)NS(=O)(=O)c4ccc(NC[C@H]5COCCO5)c([N+](=O)[O-])c4)c(Oc4cnc5[nH]ccc5c4)c3)CC2)CCC(C)(C)C1. The highest BCUT2D eigenvalue weighted by Gasteiger charge is 2.32. The standard InChI is InChI=1S/C45H53N7O8S2/c1-29(2)38-27-61-28-39(38)37-22-45(3,4)11-9-31(37)25-50-13-15-51(16-14-50)32-5-7-36(42(20-32)60-33-19-30-10-12-46-43(30)48-23-33)44(53)49-62(56,57)35-6-8-40(41(21-35)52(54)55)47-24-34-26-58-17-18-59-34/h5-8,10,12,19-21,23,27-29,34,47H,9,11,13-18,22,24-26H2,1-4H3,(H,46,48)(H,49,53)/t34-/m0/s1. The van der Waals surface area contributed by atoms with E-state index in [9.17, 15) is 23.3 Å². The van der Waals surface area contributed by atoms with Crippen LogP contribution in [-0.4, -0.2) is 99.3 Å². The molecule has 0 bridgehead atoms. The molecule has 2 fully saturated rings. The molecule has 328 valence electrons. The fourth-order valence-corrected chi connectivity index (χ4v) is 10.4. The molecule has 3 aliphatic rings. The van der Waals surface area contributed by atoms with Crippen LogP contribution in [0.4, 0.5) is 17.1 Å². The van der Waals surface area contributed by atoms with E-state index < -0.39 is 31.4 Å². The first-order valence-electron chi connectivity index (χ1n) is 21.0. The first kappa shape index (κ1) is 43.3. The number of pyridine rings is 1. The van der Waals surface area contributed by atoms with Gasteiger partial charge in [0, 0.05) is 68.7 Å². The molecule has 17 heteroatoms. The van der Waals surface area contributed by atoms with Gasteiger partial charge in [0.1, 0.15) is 22.8 Å². The Morgan fingerprint density at radius 3 is 2.68 bits per heavy atom. The van der Waals surface area contributed by atoms with E-state index in [-0.39, 0.29) is 35.1 Å². The first-order valence-corrected chi connectivity index (χ1v) is 23.4. The summed E-state index contributed by atoms with van der Waals surface area (Å²) in [6.45, 7) is 14.8. The summed E-state index contributed by atoms with van der Waals surface area (Å²) in [7, 11) is -4.58. The van der Waals surface area contributed by atoms with Gasteiger partial charge in [-0.1, -0.05) is 33.3 Å². The number of hydrogen-bond donors (Lipinski definition) is 3. The van der Waals surface area contributed by atoms with E-state index >= 15 is 0 Å². The Kier molecular flexibility index (Phi) is 12.7. The van der Waals surface area contributed by atoms with Gasteiger partial charge in [0.05, 0.1) is 47.5 Å². The maximum Gasteiger partial charge on any atom is 0.293 e. The lowest BCUT2D eigenvalue weighted by Gasteiger charge is -2.39. The summed E-state index contributed by atoms with van der Waals surface area (Å²) >= 11 is 1.79. The number of carbonyl (C=O) groups is 1. The fraction of sp³-hybridized carbons (Fsp3) is 0.422. The number of nitro benzene ring substituents is 1. The molecule has 15 nitrogen and oxygen atoms in total. The molecule has 8 rings (SSSR count). The molecular weight excluding hydrogens is 831 g/mol. The Bertz CT molecular complexity index is 2590. The molecule has 0 unspecified atom stereocenters. The lowest BCUT2D eigenvalue weighted by Crippen LogP contribution is -2.47. The van der Waals surface area contributed by atoms with Crippen molar-refractivity contribution in [3.63, 3.8) is 0 Å². The van der Waals surface area contributed by atoms with Crippen LogP contribution < -0.4 is 19.7 Å². The minimum absolute atomic E-state index is 0.0403. The second-order valence-electron chi connectivity index (χ2n) is 17.3. The minimum atomic E-state index is -4.58. The van der Waals surface area contributed by atoms with E-state index in [0.717, 1.165) is 62.7 Å². The minimum Gasteiger partial charge on any atom is -0.455 e. The van der Waals surface area contributed by atoms with Crippen molar-refractivity contribution in [3.05, 3.63) is 104 Å². The third-order valence-corrected chi connectivity index (χ3v) is 14.0. The molecule has 1 atom stereocenters. The number of thiophene rings is 1. The summed E-state index contributed by atoms with van der Waals surface area (Å²) < 4.78 is 46.8. The van der Waals surface area contributed by atoms with E-state index in [2.05, 4.69) is 68.3 Å². The van der Waals surface area contributed by atoms with E-state index in [1.54, 1.807) is 41.8 Å². The Morgan fingerprint density at radius 1 is 1.10 bits per heavy atom. The number of nitrogens with zero attached hydrogens (tertiary/aromatic N) is 4. The Balaban J connectivity index is 1.01. The predicted octanol–water partition coefficient (Wildman–Crippen LogP) is 8.18. The summed E-state index contributed by atoms with van der Waals surface area (Å²) in [4.78, 5) is 37.1. The Morgan fingerprint density at radius 2 is 1.92 bits per heavy atom. The van der Waals surface area contributed by atoms with Gasteiger partial charge in [-0.05, 0) is 94.5 Å². The van der Waals surface area contributed by atoms with Crippen LogP contribution >= 0.6 is 11.3 Å². The molecule has 3 N–H and O–H groups in total. The lowest BCUT2D eigenvalue weighted by atomic mass is 9.72. The van der Waals surface area contributed by atoms with Gasteiger partial charge in [0.2, 0.25) is 0 Å². The first-order chi connectivity index (χ1) is 29.7. The molecule has 2 aliphatic heterocycles. The number of aromatic nitrogens is 2. The van der Waals surface area contributed by atoms with Gasteiger partial charge < -0.3 is 29.4 Å². The van der Waals surface area contributed by atoms with Gasteiger partial charge in [-0.2, -0.15) is 11.3 Å². The quantitative estimate of drug-likeness (QED) is 0.0720. The van der Waals surface area contributed by atoms with E-state index in [1.165, 1.54) is 47.0 Å². The molecule has 5 aromatic rings. The van der Waals surface area contributed by atoms with Crippen molar-refractivity contribution in [2.24, 2.45) is 5.41 Å². The molecule has 2 aromatic carbocycles. The largest absolute Gasteiger partial charge is 0.455 e. The topological polar surface area (TPSA) is 181 Å². The number of aromatic amines is 1. The highest BCUT2D eigenvalue weighted by Crippen LogP contribution is 2.46. The van der Waals surface area contributed by atoms with Gasteiger partial charge in [0.15, 0.2) is 0 Å². The second kappa shape index (κ2) is 18.2. The number of carbonyl (C=O) groups excluding carboxylic acids is 1. The van der Waals surface area contributed by atoms with Crippen molar-refractivity contribution in [1.29, 1.82) is 0 Å². The van der Waals surface area contributed by atoms with Crippen LogP contribution in [-0.2, 0) is 19.5 Å². The lowest BCUT2D eigenvalue weighted by molar-refractivity contribution is -0.384. The number of nitrogens with one attached hydrogen (secondary N) is 3. The number of piperazine rings is 1. The number of amides is 1. The molecule has 2 saturated heterocycles. The summed E-state index contributed by atoms with van der Waals surface area (Å²) in [6.07, 6.45) is 6.30. The summed E-state index contributed by atoms with van der Waals surface area (Å²) in [5, 5.41) is 20.4. The smallest absolute Gasteiger partial charge is 0.293 e. The number of ether oxygens (including phenoxy) is 3. The van der Waals surface area contributed by atoms with Gasteiger partial charge >= 0.3 is 0 Å². The number of rotatable bonds is 14. The van der Waals surface area contributed by atoms with E-state index in [0.29, 0.717) is 37.1 Å². The Labute approximate surface area is 365 Å². The van der Waals surface area contributed by atoms with Crippen molar-refractivity contribution in [2.75, 3.05) is 69.3 Å². The number of hydrogen-bond acceptors (Lipinski definition) is 13. The number of sulfonamides is 1. The summed E-state index contributed by atoms with van der Waals surface area (Å²) in [5.74, 6) is -0.0110. The zero-order chi connectivity index (χ0) is 43.6. The van der Waals surface area contributed by atoms with E-state index in [1.807, 2.05) is 6.07 Å². The van der Waals surface area contributed by atoms with Gasteiger partial charge in [-0.25, -0.2) is 18.1 Å². The van der Waals surface area contributed by atoms with Crippen LogP contribution in [0.5, 0.6) is 11.5 Å². The third kappa shape index (κ3) is 9.81. The van der Waals surface area contributed by atoms with Crippen molar-refractivity contribution >= 4 is 60.9 Å². The maximum atomic E-state index is 13.9. The molecule has 1 amide bonds. The zero-order valence-corrected chi connectivity index (χ0v) is 37.1. The second-order valence-corrected chi connectivity index (χ2v) is 19.7. The Hall–Kier alpha value is -5.33. The van der Waals surface area contributed by atoms with E-state index in [4.69, 9.17) is 14.2 Å². The van der Waals surface area contributed by atoms with Crippen LogP contribution in [0.25, 0.3) is 16.6 Å². The maximum absolute atomic E-state index is 13.9. The third-order valence-electron chi connectivity index (χ3n) is 11.9. The molecule has 3 aromatic heterocycles. The normalized spacial score (nSPS) is 18.6. The average Bonchev–Trinajstić information content (AvgIpc) is 3.94. The van der Waals surface area contributed by atoms with Gasteiger partial charge in [-0.3, -0.25) is 19.8 Å². The van der Waals surface area contributed by atoms with Crippen molar-refractivity contribution in [2.45, 2.75) is 63.9 Å². The number of nitro groups is 1. The number of H-pyrrole nitrogens is 1. The molecule has 5 heterocycles. The monoisotopic (exact) mass is 883 g/mol. The van der Waals surface area contributed by atoms with Crippen molar-refractivity contribution in [1.82, 2.24) is 19.6 Å². The molecule has 1 aliphatic carbocycles. The van der Waals surface area contributed by atoms with Crippen LogP contribution in [0.2, 0.25) is 0 Å². The molecular formula is C45H53N7O8S2. The summed E-state index contributed by atoms with van der Waals surface area (Å²) in [6, 6.07) is 12.1. The highest BCUT2D eigenvalue weighted by atomic mass is 32.2. The van der Waals surface area contributed by atoms with Crippen LogP contribution in [0, 0.1) is 15.5 Å². The number of anilines is 2. The molecule has 62 heavy (non-hydrogen) atoms. The van der Waals surface area contributed by atoms with Gasteiger partial charge in [-0.15, -0.1) is 0 Å². The average molecular weight is 884 g/mol. The van der Waals surface area contributed by atoms with Crippen LogP contribution in [0.1, 0.15) is 74.4 Å². The van der Waals surface area contributed by atoms with Crippen LogP contribution in [0.15, 0.2) is 82.2 Å².